The smallest absolute Gasteiger partial charge is 0.393 e. The van der Waals surface area contributed by atoms with Gasteiger partial charge in [-0.3, -0.25) is 5.10 Å². The first kappa shape index (κ1) is 20.9. The van der Waals surface area contributed by atoms with Crippen molar-refractivity contribution in [3.05, 3.63) is 35.2 Å². The van der Waals surface area contributed by atoms with Crippen LogP contribution in [0.25, 0.3) is 27.6 Å². The van der Waals surface area contributed by atoms with E-state index in [0.29, 0.717) is 33.6 Å². The van der Waals surface area contributed by atoms with E-state index >= 15 is 0 Å². The van der Waals surface area contributed by atoms with Crippen LogP contribution in [0.15, 0.2) is 24.8 Å². The summed E-state index contributed by atoms with van der Waals surface area (Å²) in [6, 6.07) is 1.62. The number of thiazole rings is 1. The van der Waals surface area contributed by atoms with E-state index in [1.165, 1.54) is 29.3 Å². The molecule has 8 nitrogen and oxygen atoms in total. The monoisotopic (exact) mass is 463 g/mol. The number of nitrogens with one attached hydrogen (secondary N) is 2. The molecule has 168 valence electrons. The zero-order valence-electron chi connectivity index (χ0n) is 17.1. The van der Waals surface area contributed by atoms with E-state index in [-0.39, 0.29) is 11.3 Å². The first-order chi connectivity index (χ1) is 15.4. The van der Waals surface area contributed by atoms with Crippen LogP contribution < -0.4 is 10.1 Å². The molecule has 0 amide bonds. The van der Waals surface area contributed by atoms with E-state index in [0.717, 1.165) is 30.8 Å². The van der Waals surface area contributed by atoms with Crippen molar-refractivity contribution >= 4 is 17.0 Å². The minimum absolute atomic E-state index is 0.0465. The second-order valence-electron chi connectivity index (χ2n) is 7.64. The molecule has 5 rings (SSSR count). The number of rotatable bonds is 5. The lowest BCUT2D eigenvalue weighted by Gasteiger charge is -2.20. The van der Waals surface area contributed by atoms with Crippen molar-refractivity contribution in [2.75, 3.05) is 20.2 Å². The number of ether oxygens (including phenoxy) is 1. The van der Waals surface area contributed by atoms with Crippen molar-refractivity contribution in [2.45, 2.75) is 31.4 Å². The topological polar surface area (TPSA) is 93.0 Å². The molecule has 0 radical (unpaired) electrons. The Labute approximate surface area is 184 Å². The molecule has 4 aromatic heterocycles. The first-order valence-corrected chi connectivity index (χ1v) is 10.9. The summed E-state index contributed by atoms with van der Waals surface area (Å²) in [7, 11) is 1.47. The molecule has 1 fully saturated rings. The quantitative estimate of drug-likeness (QED) is 0.467. The Hall–Kier alpha value is -2.99. The summed E-state index contributed by atoms with van der Waals surface area (Å²) in [5.41, 5.74) is 1.43. The van der Waals surface area contributed by atoms with Crippen LogP contribution in [0.4, 0.5) is 13.2 Å². The van der Waals surface area contributed by atoms with Crippen LogP contribution in [0.3, 0.4) is 0 Å². The second-order valence-corrected chi connectivity index (χ2v) is 8.70. The normalized spacial score (nSPS) is 15.5. The molecule has 1 aliphatic heterocycles. The summed E-state index contributed by atoms with van der Waals surface area (Å²) in [6.45, 7) is 1.86. The number of pyridine rings is 1. The molecule has 5 heterocycles. The number of nitrogens with zero attached hydrogens (tertiary/aromatic N) is 5. The van der Waals surface area contributed by atoms with Crippen LogP contribution >= 0.6 is 11.3 Å². The van der Waals surface area contributed by atoms with Crippen LogP contribution in [0, 0.1) is 0 Å². The van der Waals surface area contributed by atoms with Gasteiger partial charge in [-0.05, 0) is 37.9 Å². The van der Waals surface area contributed by atoms with E-state index in [2.05, 4.69) is 30.6 Å². The molecule has 32 heavy (non-hydrogen) atoms. The molecule has 0 atom stereocenters. The Morgan fingerprint density at radius 3 is 2.81 bits per heavy atom. The fraction of sp³-hybridized carbons (Fsp3) is 0.400. The number of H-pyrrole nitrogens is 1. The van der Waals surface area contributed by atoms with Crippen LogP contribution in [0.2, 0.25) is 0 Å². The SMILES string of the molecule is COc1cc(-c2n[nH]c(-c3ncc(C4CCNCC4)s3)c2CC(F)(F)F)cn2ncnc12. The lowest BCUT2D eigenvalue weighted by atomic mass is 9.97. The zero-order chi connectivity index (χ0) is 22.3. The predicted molar refractivity (Wildman–Crippen MR) is 113 cm³/mol. The number of hydrogen-bond acceptors (Lipinski definition) is 7. The van der Waals surface area contributed by atoms with Gasteiger partial charge in [-0.15, -0.1) is 11.3 Å². The molecule has 0 aromatic carbocycles. The van der Waals surface area contributed by atoms with Gasteiger partial charge in [0.15, 0.2) is 11.4 Å². The van der Waals surface area contributed by atoms with Gasteiger partial charge in [0.2, 0.25) is 0 Å². The van der Waals surface area contributed by atoms with Gasteiger partial charge in [0.1, 0.15) is 11.3 Å². The lowest BCUT2D eigenvalue weighted by Crippen LogP contribution is -2.26. The molecular weight excluding hydrogens is 443 g/mol. The lowest BCUT2D eigenvalue weighted by molar-refractivity contribution is -0.127. The molecular formula is C20H20F3N7OS. The third-order valence-electron chi connectivity index (χ3n) is 5.56. The third kappa shape index (κ3) is 3.95. The first-order valence-electron chi connectivity index (χ1n) is 10.1. The van der Waals surface area contributed by atoms with Crippen molar-refractivity contribution in [2.24, 2.45) is 0 Å². The number of aromatic nitrogens is 6. The Morgan fingerprint density at radius 1 is 1.25 bits per heavy atom. The molecule has 2 N–H and O–H groups in total. The fourth-order valence-electron chi connectivity index (χ4n) is 4.03. The molecule has 0 bridgehead atoms. The van der Waals surface area contributed by atoms with Crippen molar-refractivity contribution in [1.82, 2.24) is 35.1 Å². The zero-order valence-corrected chi connectivity index (χ0v) is 17.9. The highest BCUT2D eigenvalue weighted by Gasteiger charge is 2.33. The maximum Gasteiger partial charge on any atom is 0.393 e. The summed E-state index contributed by atoms with van der Waals surface area (Å²) in [6.07, 6.45) is 1.15. The summed E-state index contributed by atoms with van der Waals surface area (Å²) < 4.78 is 47.4. The number of aromatic amines is 1. The van der Waals surface area contributed by atoms with Crippen LogP contribution in [-0.4, -0.2) is 56.2 Å². The van der Waals surface area contributed by atoms with Gasteiger partial charge in [0, 0.05) is 28.4 Å². The number of alkyl halides is 3. The number of hydrogen-bond donors (Lipinski definition) is 2. The van der Waals surface area contributed by atoms with Crippen LogP contribution in [0.5, 0.6) is 5.75 Å². The van der Waals surface area contributed by atoms with Gasteiger partial charge >= 0.3 is 6.18 Å². The third-order valence-corrected chi connectivity index (χ3v) is 6.74. The van der Waals surface area contributed by atoms with E-state index < -0.39 is 12.6 Å². The van der Waals surface area contributed by atoms with Gasteiger partial charge in [-0.1, -0.05) is 0 Å². The standard InChI is InChI=1S/C20H20F3N7OS/c1-31-14-6-12(9-30-18(14)26-10-27-30)16-13(7-20(21,22)23)17(29-28-16)19-25-8-15(32-19)11-2-4-24-5-3-11/h6,8-11,24H,2-5,7H2,1H3,(H,28,29). The Bertz CT molecular complexity index is 1240. The molecule has 0 aliphatic carbocycles. The van der Waals surface area contributed by atoms with E-state index in [1.807, 2.05) is 0 Å². The fourth-order valence-corrected chi connectivity index (χ4v) is 5.13. The highest BCUT2D eigenvalue weighted by atomic mass is 32.1. The summed E-state index contributed by atoms with van der Waals surface area (Å²) in [5.74, 6) is 0.764. The summed E-state index contributed by atoms with van der Waals surface area (Å²) >= 11 is 1.42. The number of fused-ring (bicyclic) bond motifs is 1. The highest BCUT2D eigenvalue weighted by Crippen LogP contribution is 2.39. The minimum Gasteiger partial charge on any atom is -0.493 e. The summed E-state index contributed by atoms with van der Waals surface area (Å²) in [4.78, 5) is 9.64. The van der Waals surface area contributed by atoms with Crippen molar-refractivity contribution < 1.29 is 17.9 Å². The van der Waals surface area contributed by atoms with Crippen LogP contribution in [-0.2, 0) is 6.42 Å². The minimum atomic E-state index is -4.41. The molecule has 1 saturated heterocycles. The maximum atomic E-state index is 13.5. The van der Waals surface area contributed by atoms with Gasteiger partial charge < -0.3 is 10.1 Å². The van der Waals surface area contributed by atoms with Gasteiger partial charge in [0.25, 0.3) is 0 Å². The Kier molecular flexibility index (Phi) is 5.33. The van der Waals surface area contributed by atoms with Crippen LogP contribution in [0.1, 0.15) is 29.2 Å². The average Bonchev–Trinajstić information content (AvgIpc) is 3.51. The maximum absolute atomic E-state index is 13.5. The molecule has 0 unspecified atom stereocenters. The van der Waals surface area contributed by atoms with Crippen molar-refractivity contribution in [3.8, 4) is 27.7 Å². The largest absolute Gasteiger partial charge is 0.493 e. The molecule has 0 spiro atoms. The molecule has 12 heteroatoms. The predicted octanol–water partition coefficient (Wildman–Crippen LogP) is 3.82. The van der Waals surface area contributed by atoms with Gasteiger partial charge in [-0.2, -0.15) is 23.4 Å². The molecule has 1 aliphatic rings. The number of halogens is 3. The van der Waals surface area contributed by atoms with E-state index in [9.17, 15) is 13.2 Å². The Balaban J connectivity index is 1.59. The highest BCUT2D eigenvalue weighted by molar-refractivity contribution is 7.15. The molecule has 0 saturated carbocycles. The van der Waals surface area contributed by atoms with E-state index in [1.54, 1.807) is 18.5 Å². The second kappa shape index (κ2) is 8.17. The summed E-state index contributed by atoms with van der Waals surface area (Å²) in [5, 5.41) is 15.0. The number of piperidine rings is 1. The average molecular weight is 463 g/mol. The van der Waals surface area contributed by atoms with E-state index in [4.69, 9.17) is 4.74 Å². The molecule has 4 aromatic rings. The van der Waals surface area contributed by atoms with Crippen molar-refractivity contribution in [1.29, 1.82) is 0 Å². The van der Waals surface area contributed by atoms with Crippen molar-refractivity contribution in [3.63, 3.8) is 0 Å². The van der Waals surface area contributed by atoms with Gasteiger partial charge in [-0.25, -0.2) is 14.5 Å². The number of methoxy groups -OCH3 is 1. The Morgan fingerprint density at radius 2 is 2.06 bits per heavy atom. The van der Waals surface area contributed by atoms with Gasteiger partial charge in [0.05, 0.1) is 24.9 Å².